The van der Waals surface area contributed by atoms with E-state index in [0.717, 1.165) is 5.56 Å². The number of hydrogen-bond acceptors (Lipinski definition) is 5. The predicted molar refractivity (Wildman–Crippen MR) is 91.5 cm³/mol. The summed E-state index contributed by atoms with van der Waals surface area (Å²) >= 11 is 5.96. The standard InChI is InChI=1S/C17H14ClF2N5O/c18-11-7-5-10(6-8-11)13-9-14(25-17(21-13)22-23-24-25)12-3-1-2-4-15(12)26-16(19)20/h1-8,13-14,16H,9H2,(H,21,22,24)/t13-,14+/m1/s1. The van der Waals surface area contributed by atoms with Crippen LogP contribution in [0.5, 0.6) is 5.75 Å². The molecule has 1 aliphatic heterocycles. The lowest BCUT2D eigenvalue weighted by Crippen LogP contribution is -2.28. The third kappa shape index (κ3) is 3.20. The summed E-state index contributed by atoms with van der Waals surface area (Å²) in [6, 6.07) is 13.7. The van der Waals surface area contributed by atoms with E-state index in [-0.39, 0.29) is 17.8 Å². The number of hydrogen-bond donors (Lipinski definition) is 1. The maximum atomic E-state index is 12.8. The van der Waals surface area contributed by atoms with Crippen LogP contribution >= 0.6 is 11.6 Å². The summed E-state index contributed by atoms with van der Waals surface area (Å²) in [6.45, 7) is -2.90. The lowest BCUT2D eigenvalue weighted by molar-refractivity contribution is -0.0507. The smallest absolute Gasteiger partial charge is 0.387 e. The van der Waals surface area contributed by atoms with E-state index < -0.39 is 6.61 Å². The summed E-state index contributed by atoms with van der Waals surface area (Å²) in [5.41, 5.74) is 1.60. The lowest BCUT2D eigenvalue weighted by Gasteiger charge is -2.31. The molecule has 0 spiro atoms. The number of alkyl halides is 2. The molecular weight excluding hydrogens is 364 g/mol. The van der Waals surface area contributed by atoms with Crippen molar-refractivity contribution in [3.8, 4) is 5.75 Å². The molecule has 0 amide bonds. The molecule has 9 heteroatoms. The van der Waals surface area contributed by atoms with Gasteiger partial charge in [0.25, 0.3) is 0 Å². The van der Waals surface area contributed by atoms with E-state index in [2.05, 4.69) is 20.8 Å². The minimum atomic E-state index is -2.90. The number of tetrazole rings is 1. The van der Waals surface area contributed by atoms with Crippen LogP contribution in [0.3, 0.4) is 0 Å². The largest absolute Gasteiger partial charge is 0.434 e. The summed E-state index contributed by atoms with van der Waals surface area (Å²) in [7, 11) is 0. The summed E-state index contributed by atoms with van der Waals surface area (Å²) in [5.74, 6) is 0.582. The normalized spacial score (nSPS) is 19.1. The van der Waals surface area contributed by atoms with Crippen molar-refractivity contribution in [2.24, 2.45) is 0 Å². The van der Waals surface area contributed by atoms with Crippen LogP contribution in [0.2, 0.25) is 5.02 Å². The highest BCUT2D eigenvalue weighted by Crippen LogP contribution is 2.40. The average molecular weight is 378 g/mol. The molecule has 0 radical (unpaired) electrons. The second kappa shape index (κ2) is 6.87. The fraction of sp³-hybridized carbons (Fsp3) is 0.235. The van der Waals surface area contributed by atoms with Crippen molar-refractivity contribution in [2.45, 2.75) is 25.1 Å². The van der Waals surface area contributed by atoms with E-state index in [4.69, 9.17) is 16.3 Å². The zero-order valence-electron chi connectivity index (χ0n) is 13.4. The van der Waals surface area contributed by atoms with Crippen LogP contribution in [-0.2, 0) is 0 Å². The third-order valence-electron chi connectivity index (χ3n) is 4.32. The van der Waals surface area contributed by atoms with Crippen molar-refractivity contribution < 1.29 is 13.5 Å². The van der Waals surface area contributed by atoms with Gasteiger partial charge in [0.1, 0.15) is 5.75 Å². The van der Waals surface area contributed by atoms with Gasteiger partial charge in [-0.05, 0) is 40.6 Å². The quantitative estimate of drug-likeness (QED) is 0.742. The van der Waals surface area contributed by atoms with E-state index in [1.807, 2.05) is 12.1 Å². The van der Waals surface area contributed by atoms with E-state index in [0.29, 0.717) is 23.0 Å². The van der Waals surface area contributed by atoms with Crippen molar-refractivity contribution in [2.75, 3.05) is 5.32 Å². The van der Waals surface area contributed by atoms with E-state index in [1.165, 1.54) is 6.07 Å². The Labute approximate surface area is 152 Å². The minimum Gasteiger partial charge on any atom is -0.434 e. The first-order chi connectivity index (χ1) is 12.6. The van der Waals surface area contributed by atoms with Crippen molar-refractivity contribution in [1.82, 2.24) is 20.2 Å². The fourth-order valence-electron chi connectivity index (χ4n) is 3.17. The predicted octanol–water partition coefficient (Wildman–Crippen LogP) is 4.07. The van der Waals surface area contributed by atoms with Gasteiger partial charge in [-0.25, -0.2) is 4.68 Å². The molecule has 0 fully saturated rings. The Morgan fingerprint density at radius 3 is 2.69 bits per heavy atom. The Morgan fingerprint density at radius 1 is 1.15 bits per heavy atom. The van der Waals surface area contributed by atoms with Gasteiger partial charge in [0.2, 0.25) is 5.95 Å². The number of nitrogens with one attached hydrogen (secondary N) is 1. The van der Waals surface area contributed by atoms with Gasteiger partial charge < -0.3 is 10.1 Å². The molecule has 4 rings (SSSR count). The molecular formula is C17H14ClF2N5O. The highest BCUT2D eigenvalue weighted by atomic mass is 35.5. The maximum absolute atomic E-state index is 12.8. The van der Waals surface area contributed by atoms with Gasteiger partial charge in [-0.3, -0.25) is 0 Å². The second-order valence-corrected chi connectivity index (χ2v) is 6.30. The van der Waals surface area contributed by atoms with Crippen LogP contribution in [0.1, 0.15) is 29.6 Å². The number of fused-ring (bicyclic) bond motifs is 1. The first kappa shape index (κ1) is 16.7. The number of para-hydroxylation sites is 1. The fourth-order valence-corrected chi connectivity index (χ4v) is 3.29. The first-order valence-electron chi connectivity index (χ1n) is 7.95. The van der Waals surface area contributed by atoms with Gasteiger partial charge in [-0.15, -0.1) is 0 Å². The van der Waals surface area contributed by atoms with Crippen LogP contribution < -0.4 is 10.1 Å². The Morgan fingerprint density at radius 2 is 1.92 bits per heavy atom. The Bertz CT molecular complexity index is 902. The molecule has 1 N–H and O–H groups in total. The highest BCUT2D eigenvalue weighted by molar-refractivity contribution is 6.30. The van der Waals surface area contributed by atoms with Crippen molar-refractivity contribution in [3.63, 3.8) is 0 Å². The van der Waals surface area contributed by atoms with E-state index >= 15 is 0 Å². The van der Waals surface area contributed by atoms with Crippen LogP contribution in [-0.4, -0.2) is 26.8 Å². The highest BCUT2D eigenvalue weighted by Gasteiger charge is 2.32. The molecule has 1 aliphatic rings. The third-order valence-corrected chi connectivity index (χ3v) is 4.57. The molecule has 2 heterocycles. The maximum Gasteiger partial charge on any atom is 0.387 e. The molecule has 134 valence electrons. The molecule has 26 heavy (non-hydrogen) atoms. The number of ether oxygens (including phenoxy) is 1. The SMILES string of the molecule is FC(F)Oc1ccccc1[C@@H]1C[C@H](c2ccc(Cl)cc2)Nc2nnnn21. The number of halogens is 3. The minimum absolute atomic E-state index is 0.102. The van der Waals surface area contributed by atoms with E-state index in [1.54, 1.807) is 35.0 Å². The van der Waals surface area contributed by atoms with Crippen LogP contribution in [0.25, 0.3) is 0 Å². The van der Waals surface area contributed by atoms with E-state index in [9.17, 15) is 8.78 Å². The number of anilines is 1. The molecule has 2 atom stereocenters. The van der Waals surface area contributed by atoms with Gasteiger partial charge >= 0.3 is 6.61 Å². The number of rotatable bonds is 4. The zero-order valence-corrected chi connectivity index (χ0v) is 14.1. The van der Waals surface area contributed by atoms with Gasteiger partial charge in [0.05, 0.1) is 12.1 Å². The Hall–Kier alpha value is -2.74. The molecule has 0 unspecified atom stereocenters. The second-order valence-electron chi connectivity index (χ2n) is 5.86. The number of benzene rings is 2. The van der Waals surface area contributed by atoms with Gasteiger partial charge in [0.15, 0.2) is 0 Å². The summed E-state index contributed by atoms with van der Waals surface area (Å²) < 4.78 is 31.9. The average Bonchev–Trinajstić information content (AvgIpc) is 3.10. The van der Waals surface area contributed by atoms with Crippen LogP contribution in [0.15, 0.2) is 48.5 Å². The van der Waals surface area contributed by atoms with Crippen LogP contribution in [0.4, 0.5) is 14.7 Å². The van der Waals surface area contributed by atoms with Crippen LogP contribution in [0, 0.1) is 0 Å². The van der Waals surface area contributed by atoms with Gasteiger partial charge in [-0.1, -0.05) is 47.0 Å². The van der Waals surface area contributed by atoms with Gasteiger partial charge in [0, 0.05) is 10.6 Å². The van der Waals surface area contributed by atoms with Gasteiger partial charge in [-0.2, -0.15) is 8.78 Å². The summed E-state index contributed by atoms with van der Waals surface area (Å²) in [4.78, 5) is 0. The molecule has 0 bridgehead atoms. The zero-order chi connectivity index (χ0) is 18.1. The Kier molecular flexibility index (Phi) is 4.42. The molecule has 0 saturated heterocycles. The monoisotopic (exact) mass is 377 g/mol. The molecule has 0 saturated carbocycles. The molecule has 3 aromatic rings. The van der Waals surface area contributed by atoms with Crippen molar-refractivity contribution >= 4 is 17.5 Å². The number of aromatic nitrogens is 4. The van der Waals surface area contributed by atoms with Crippen molar-refractivity contribution in [3.05, 3.63) is 64.7 Å². The van der Waals surface area contributed by atoms with Crippen molar-refractivity contribution in [1.29, 1.82) is 0 Å². The Balaban J connectivity index is 1.73. The molecule has 2 aromatic carbocycles. The molecule has 1 aromatic heterocycles. The topological polar surface area (TPSA) is 64.9 Å². The lowest BCUT2D eigenvalue weighted by atomic mass is 9.93. The molecule has 0 aliphatic carbocycles. The number of nitrogens with zero attached hydrogens (tertiary/aromatic N) is 4. The summed E-state index contributed by atoms with van der Waals surface area (Å²) in [5, 5.41) is 15.6. The first-order valence-corrected chi connectivity index (χ1v) is 8.33. The molecule has 6 nitrogen and oxygen atoms in total. The summed E-state index contributed by atoms with van der Waals surface area (Å²) in [6.07, 6.45) is 0.559.